The molecule has 4 heteroatoms. The van der Waals surface area contributed by atoms with Crippen LogP contribution >= 0.6 is 27.3 Å². The summed E-state index contributed by atoms with van der Waals surface area (Å²) in [5.41, 5.74) is 2.66. The third-order valence-corrected chi connectivity index (χ3v) is 5.19. The number of nitrogens with one attached hydrogen (secondary N) is 1. The largest absolute Gasteiger partial charge is 0.488 e. The van der Waals surface area contributed by atoms with Crippen LogP contribution in [0.2, 0.25) is 0 Å². The number of benzene rings is 1. The van der Waals surface area contributed by atoms with Crippen LogP contribution in [0.3, 0.4) is 0 Å². The van der Waals surface area contributed by atoms with Crippen molar-refractivity contribution < 1.29 is 4.74 Å². The third kappa shape index (κ3) is 3.43. The standard InChI is InChI=1S/C16H18BrNOS/c1-11-2-4-15-12(8-11)9-13(19-15)10-18-7-6-14-3-5-16(17)20-14/h2-5,8,13,18H,6-7,9-10H2,1H3. The Hall–Kier alpha value is -0.840. The summed E-state index contributed by atoms with van der Waals surface area (Å²) in [6.45, 7) is 4.05. The van der Waals surface area contributed by atoms with Gasteiger partial charge in [0.15, 0.2) is 0 Å². The Balaban J connectivity index is 1.42. The number of aryl methyl sites for hydroxylation is 1. The summed E-state index contributed by atoms with van der Waals surface area (Å²) in [5.74, 6) is 1.06. The Labute approximate surface area is 132 Å². The monoisotopic (exact) mass is 351 g/mol. The Bertz CT molecular complexity index is 596. The summed E-state index contributed by atoms with van der Waals surface area (Å²) < 4.78 is 7.16. The molecular formula is C16H18BrNOS. The highest BCUT2D eigenvalue weighted by Crippen LogP contribution is 2.29. The first-order chi connectivity index (χ1) is 9.70. The molecule has 0 bridgehead atoms. The highest BCUT2D eigenvalue weighted by Gasteiger charge is 2.22. The lowest BCUT2D eigenvalue weighted by molar-refractivity contribution is 0.228. The molecule has 0 spiro atoms. The van der Waals surface area contributed by atoms with Crippen LogP contribution in [0.25, 0.3) is 0 Å². The van der Waals surface area contributed by atoms with Crippen LogP contribution in [0.4, 0.5) is 0 Å². The van der Waals surface area contributed by atoms with Crippen molar-refractivity contribution in [2.45, 2.75) is 25.9 Å². The van der Waals surface area contributed by atoms with Gasteiger partial charge in [0.2, 0.25) is 0 Å². The smallest absolute Gasteiger partial charge is 0.123 e. The lowest BCUT2D eigenvalue weighted by atomic mass is 10.1. The number of hydrogen-bond donors (Lipinski definition) is 1. The number of rotatable bonds is 5. The van der Waals surface area contributed by atoms with Gasteiger partial charge in [-0.2, -0.15) is 0 Å². The molecule has 0 fully saturated rings. The van der Waals surface area contributed by atoms with Gasteiger partial charge in [0, 0.05) is 24.4 Å². The van der Waals surface area contributed by atoms with E-state index in [1.807, 2.05) is 11.3 Å². The van der Waals surface area contributed by atoms with Crippen molar-refractivity contribution in [3.63, 3.8) is 0 Å². The Morgan fingerprint density at radius 2 is 2.25 bits per heavy atom. The van der Waals surface area contributed by atoms with Gasteiger partial charge in [-0.25, -0.2) is 0 Å². The van der Waals surface area contributed by atoms with Crippen molar-refractivity contribution in [3.8, 4) is 5.75 Å². The van der Waals surface area contributed by atoms with E-state index in [1.165, 1.54) is 19.8 Å². The Morgan fingerprint density at radius 3 is 3.05 bits per heavy atom. The maximum atomic E-state index is 5.95. The number of fused-ring (bicyclic) bond motifs is 1. The van der Waals surface area contributed by atoms with E-state index in [2.05, 4.69) is 58.5 Å². The first-order valence-electron chi connectivity index (χ1n) is 6.92. The van der Waals surface area contributed by atoms with Gasteiger partial charge in [0.1, 0.15) is 11.9 Å². The molecule has 0 aliphatic carbocycles. The first kappa shape index (κ1) is 14.1. The fourth-order valence-corrected chi connectivity index (χ4v) is 4.01. The molecule has 0 saturated carbocycles. The van der Waals surface area contributed by atoms with Gasteiger partial charge in [-0.05, 0) is 53.0 Å². The number of thiophene rings is 1. The van der Waals surface area contributed by atoms with Crippen molar-refractivity contribution >= 4 is 27.3 Å². The van der Waals surface area contributed by atoms with Gasteiger partial charge in [0.25, 0.3) is 0 Å². The molecule has 1 N–H and O–H groups in total. The maximum Gasteiger partial charge on any atom is 0.123 e. The van der Waals surface area contributed by atoms with Gasteiger partial charge in [0.05, 0.1) is 3.79 Å². The minimum Gasteiger partial charge on any atom is -0.488 e. The summed E-state index contributed by atoms with van der Waals surface area (Å²) in [4.78, 5) is 1.41. The Morgan fingerprint density at radius 1 is 1.35 bits per heavy atom. The zero-order valence-electron chi connectivity index (χ0n) is 11.5. The molecule has 0 amide bonds. The number of halogens is 1. The average molecular weight is 352 g/mol. The summed E-state index contributed by atoms with van der Waals surface area (Å²) in [6, 6.07) is 10.7. The minimum atomic E-state index is 0.280. The maximum absolute atomic E-state index is 5.95. The predicted molar refractivity (Wildman–Crippen MR) is 87.9 cm³/mol. The van der Waals surface area contributed by atoms with Crippen molar-refractivity contribution in [3.05, 3.63) is 50.1 Å². The van der Waals surface area contributed by atoms with Crippen LogP contribution in [0, 0.1) is 6.92 Å². The topological polar surface area (TPSA) is 21.3 Å². The molecule has 2 aromatic rings. The number of ether oxygens (including phenoxy) is 1. The van der Waals surface area contributed by atoms with Crippen LogP contribution in [-0.2, 0) is 12.8 Å². The van der Waals surface area contributed by atoms with Crippen LogP contribution in [0.1, 0.15) is 16.0 Å². The fourth-order valence-electron chi connectivity index (χ4n) is 2.52. The molecule has 3 rings (SSSR count). The first-order valence-corrected chi connectivity index (χ1v) is 8.53. The lowest BCUT2D eigenvalue weighted by Gasteiger charge is -2.11. The molecule has 0 saturated heterocycles. The van der Waals surface area contributed by atoms with E-state index in [-0.39, 0.29) is 6.10 Å². The average Bonchev–Trinajstić information content (AvgIpc) is 3.00. The quantitative estimate of drug-likeness (QED) is 0.823. The molecule has 1 aliphatic rings. The van der Waals surface area contributed by atoms with E-state index in [4.69, 9.17) is 4.74 Å². The van der Waals surface area contributed by atoms with Gasteiger partial charge in [-0.3, -0.25) is 0 Å². The minimum absolute atomic E-state index is 0.280. The van der Waals surface area contributed by atoms with Crippen LogP contribution in [-0.4, -0.2) is 19.2 Å². The van der Waals surface area contributed by atoms with Crippen LogP contribution in [0.5, 0.6) is 5.75 Å². The molecule has 1 aliphatic heterocycles. The highest BCUT2D eigenvalue weighted by atomic mass is 79.9. The van der Waals surface area contributed by atoms with Crippen molar-refractivity contribution in [2.75, 3.05) is 13.1 Å². The second-order valence-electron chi connectivity index (χ2n) is 5.22. The van der Waals surface area contributed by atoms with Crippen molar-refractivity contribution in [1.29, 1.82) is 0 Å². The zero-order chi connectivity index (χ0) is 13.9. The lowest BCUT2D eigenvalue weighted by Crippen LogP contribution is -2.31. The molecule has 1 atom stereocenters. The molecule has 2 heterocycles. The van der Waals surface area contributed by atoms with Crippen molar-refractivity contribution in [2.24, 2.45) is 0 Å². The molecule has 1 aromatic heterocycles. The van der Waals surface area contributed by atoms with Crippen molar-refractivity contribution in [1.82, 2.24) is 5.32 Å². The predicted octanol–water partition coefficient (Wildman–Crippen LogP) is 3.95. The van der Waals surface area contributed by atoms with Gasteiger partial charge >= 0.3 is 0 Å². The van der Waals surface area contributed by atoms with E-state index in [9.17, 15) is 0 Å². The van der Waals surface area contributed by atoms with E-state index < -0.39 is 0 Å². The summed E-state index contributed by atoms with van der Waals surface area (Å²) in [6.07, 6.45) is 2.38. The van der Waals surface area contributed by atoms with E-state index >= 15 is 0 Å². The third-order valence-electron chi connectivity index (χ3n) is 3.51. The van der Waals surface area contributed by atoms with Crippen LogP contribution in [0.15, 0.2) is 34.1 Å². The second kappa shape index (κ2) is 6.29. The van der Waals surface area contributed by atoms with E-state index in [0.29, 0.717) is 0 Å². The summed E-state index contributed by atoms with van der Waals surface area (Å²) in [7, 11) is 0. The normalized spacial score (nSPS) is 17.0. The second-order valence-corrected chi connectivity index (χ2v) is 7.76. The van der Waals surface area contributed by atoms with E-state index in [0.717, 1.165) is 31.7 Å². The summed E-state index contributed by atoms with van der Waals surface area (Å²) >= 11 is 5.30. The number of hydrogen-bond acceptors (Lipinski definition) is 3. The van der Waals surface area contributed by atoms with Crippen LogP contribution < -0.4 is 10.1 Å². The van der Waals surface area contributed by atoms with Gasteiger partial charge in [-0.15, -0.1) is 11.3 Å². The molecule has 0 radical (unpaired) electrons. The fraction of sp³-hybridized carbons (Fsp3) is 0.375. The SMILES string of the molecule is Cc1ccc2c(c1)CC(CNCCc1ccc(Br)s1)O2. The Kier molecular flexibility index (Phi) is 4.44. The van der Waals surface area contributed by atoms with Gasteiger partial charge < -0.3 is 10.1 Å². The molecule has 1 aromatic carbocycles. The van der Waals surface area contributed by atoms with E-state index in [1.54, 1.807) is 0 Å². The molecule has 2 nitrogen and oxygen atoms in total. The molecule has 1 unspecified atom stereocenters. The zero-order valence-corrected chi connectivity index (χ0v) is 13.9. The molecule has 106 valence electrons. The molecule has 20 heavy (non-hydrogen) atoms. The molecular weight excluding hydrogens is 334 g/mol. The van der Waals surface area contributed by atoms with Gasteiger partial charge in [-0.1, -0.05) is 17.7 Å². The highest BCUT2D eigenvalue weighted by molar-refractivity contribution is 9.11. The summed E-state index contributed by atoms with van der Waals surface area (Å²) in [5, 5.41) is 3.50.